The van der Waals surface area contributed by atoms with Crippen LogP contribution in [0.4, 0.5) is 0 Å². The van der Waals surface area contributed by atoms with Gasteiger partial charge >= 0.3 is 5.97 Å². The largest absolute Gasteiger partial charge is 0.493 e. The Kier molecular flexibility index (Phi) is 3.60. The molecule has 1 aliphatic heterocycles. The summed E-state index contributed by atoms with van der Waals surface area (Å²) >= 11 is 0. The van der Waals surface area contributed by atoms with Crippen molar-refractivity contribution in [3.05, 3.63) is 59.9 Å². The van der Waals surface area contributed by atoms with Crippen LogP contribution in [0.3, 0.4) is 0 Å². The summed E-state index contributed by atoms with van der Waals surface area (Å²) in [5.41, 5.74) is 0.814. The number of benzene rings is 1. The van der Waals surface area contributed by atoms with Gasteiger partial charge in [-0.2, -0.15) is 0 Å². The van der Waals surface area contributed by atoms with Gasteiger partial charge in [0.2, 0.25) is 0 Å². The van der Waals surface area contributed by atoms with Crippen LogP contribution < -0.4 is 4.74 Å². The van der Waals surface area contributed by atoms with Crippen LogP contribution in [0.2, 0.25) is 0 Å². The number of hydrogen-bond acceptors (Lipinski definition) is 3. The predicted octanol–water partition coefficient (Wildman–Crippen LogP) is 2.82. The van der Waals surface area contributed by atoms with Gasteiger partial charge in [0.15, 0.2) is 0 Å². The van der Waals surface area contributed by atoms with Crippen molar-refractivity contribution >= 4 is 5.97 Å². The molecule has 4 heteroatoms. The molecule has 0 saturated heterocycles. The summed E-state index contributed by atoms with van der Waals surface area (Å²) in [6.45, 7) is 0.436. The van der Waals surface area contributed by atoms with Gasteiger partial charge in [-0.1, -0.05) is 24.3 Å². The first kappa shape index (κ1) is 13.6. The third-order valence-electron chi connectivity index (χ3n) is 4.13. The summed E-state index contributed by atoms with van der Waals surface area (Å²) in [6.07, 6.45) is 3.40. The van der Waals surface area contributed by atoms with Crippen molar-refractivity contribution in [2.45, 2.75) is 24.7 Å². The second-order valence-corrected chi connectivity index (χ2v) is 5.30. The molecule has 0 radical (unpaired) electrons. The van der Waals surface area contributed by atoms with E-state index in [0.29, 0.717) is 31.6 Å². The number of carboxylic acid groups (broad SMARTS) is 1. The predicted molar refractivity (Wildman–Crippen MR) is 78.4 cm³/mol. The number of pyridine rings is 1. The lowest BCUT2D eigenvalue weighted by molar-refractivity contribution is -0.145. The number of rotatable bonds is 4. The molecule has 108 valence electrons. The molecule has 1 unspecified atom stereocenters. The molecule has 4 nitrogen and oxygen atoms in total. The number of fused-ring (bicyclic) bond motifs is 1. The number of carboxylic acids is 1. The molecule has 0 fully saturated rings. The summed E-state index contributed by atoms with van der Waals surface area (Å²) in [7, 11) is 0. The van der Waals surface area contributed by atoms with E-state index in [9.17, 15) is 9.90 Å². The van der Waals surface area contributed by atoms with E-state index < -0.39 is 11.4 Å². The Balaban J connectivity index is 1.93. The monoisotopic (exact) mass is 283 g/mol. The van der Waals surface area contributed by atoms with E-state index in [-0.39, 0.29) is 0 Å². The Morgan fingerprint density at radius 1 is 1.24 bits per heavy atom. The van der Waals surface area contributed by atoms with Gasteiger partial charge in [0.1, 0.15) is 5.75 Å². The van der Waals surface area contributed by atoms with E-state index in [1.54, 1.807) is 6.20 Å². The molecule has 0 spiro atoms. The molecule has 0 saturated carbocycles. The molecule has 2 heterocycles. The minimum Gasteiger partial charge on any atom is -0.493 e. The number of aromatic nitrogens is 1. The zero-order valence-electron chi connectivity index (χ0n) is 11.7. The van der Waals surface area contributed by atoms with Crippen molar-refractivity contribution in [3.8, 4) is 5.75 Å². The van der Waals surface area contributed by atoms with Crippen molar-refractivity contribution in [1.29, 1.82) is 0 Å². The van der Waals surface area contributed by atoms with Crippen LogP contribution in [0.25, 0.3) is 0 Å². The lowest BCUT2D eigenvalue weighted by atomic mass is 9.72. The first-order valence-electron chi connectivity index (χ1n) is 7.08. The minimum absolute atomic E-state index is 0.436. The maximum atomic E-state index is 12.0. The van der Waals surface area contributed by atoms with Gasteiger partial charge in [-0.25, -0.2) is 0 Å². The molecule has 2 aromatic rings. The minimum atomic E-state index is -0.883. The molecule has 1 atom stereocenters. The molecule has 21 heavy (non-hydrogen) atoms. The summed E-state index contributed by atoms with van der Waals surface area (Å²) in [5.74, 6) is -0.0960. The highest BCUT2D eigenvalue weighted by atomic mass is 16.5. The maximum absolute atomic E-state index is 12.0. The van der Waals surface area contributed by atoms with E-state index in [1.807, 2.05) is 42.5 Å². The molecule has 0 bridgehead atoms. The van der Waals surface area contributed by atoms with E-state index in [1.165, 1.54) is 0 Å². The van der Waals surface area contributed by atoms with Crippen molar-refractivity contribution in [3.63, 3.8) is 0 Å². The highest BCUT2D eigenvalue weighted by Crippen LogP contribution is 2.42. The van der Waals surface area contributed by atoms with Crippen LogP contribution in [-0.4, -0.2) is 22.7 Å². The molecule has 1 aromatic carbocycles. The quantitative estimate of drug-likeness (QED) is 0.937. The molecular formula is C17H17NO3. The van der Waals surface area contributed by atoms with Gasteiger partial charge in [0.05, 0.1) is 12.0 Å². The zero-order chi connectivity index (χ0) is 14.7. The third kappa shape index (κ3) is 2.49. The Labute approximate surface area is 123 Å². The Bertz CT molecular complexity index is 641. The maximum Gasteiger partial charge on any atom is 0.314 e. The summed E-state index contributed by atoms with van der Waals surface area (Å²) in [4.78, 5) is 16.3. The van der Waals surface area contributed by atoms with Gasteiger partial charge < -0.3 is 9.84 Å². The van der Waals surface area contributed by atoms with Crippen LogP contribution in [0.15, 0.2) is 48.7 Å². The number of nitrogens with zero attached hydrogens (tertiary/aromatic N) is 1. The van der Waals surface area contributed by atoms with Crippen LogP contribution >= 0.6 is 0 Å². The van der Waals surface area contributed by atoms with E-state index in [2.05, 4.69) is 4.98 Å². The molecule has 1 N–H and O–H groups in total. The zero-order valence-corrected chi connectivity index (χ0v) is 11.7. The van der Waals surface area contributed by atoms with Crippen molar-refractivity contribution < 1.29 is 14.6 Å². The summed E-state index contributed by atoms with van der Waals surface area (Å²) in [5, 5.41) is 9.84. The molecule has 0 aliphatic carbocycles. The van der Waals surface area contributed by atoms with Gasteiger partial charge in [-0.15, -0.1) is 0 Å². The van der Waals surface area contributed by atoms with Crippen LogP contribution in [-0.2, 0) is 16.6 Å². The van der Waals surface area contributed by atoms with Crippen LogP contribution in [0, 0.1) is 0 Å². The second kappa shape index (κ2) is 5.56. The Morgan fingerprint density at radius 3 is 2.81 bits per heavy atom. The molecule has 1 aliphatic rings. The van der Waals surface area contributed by atoms with E-state index >= 15 is 0 Å². The number of aliphatic carboxylic acids is 1. The number of hydrogen-bond donors (Lipinski definition) is 1. The fourth-order valence-electron chi connectivity index (χ4n) is 2.93. The molecule has 0 amide bonds. The SMILES string of the molecule is O=C(O)C1(CCc2ccccn2)CCOc2ccccc21. The topological polar surface area (TPSA) is 59.4 Å². The highest BCUT2D eigenvalue weighted by Gasteiger charge is 2.44. The van der Waals surface area contributed by atoms with E-state index in [4.69, 9.17) is 4.74 Å². The normalized spacial score (nSPS) is 20.4. The van der Waals surface area contributed by atoms with E-state index in [0.717, 1.165) is 11.3 Å². The smallest absolute Gasteiger partial charge is 0.314 e. The number of aryl methyl sites for hydroxylation is 1. The standard InChI is InChI=1S/C17H17NO3/c19-16(20)17(9-8-13-5-3-4-11-18-13)10-12-21-15-7-2-1-6-14(15)17/h1-7,11H,8-10,12H2,(H,19,20). The number of ether oxygens (including phenoxy) is 1. The lowest BCUT2D eigenvalue weighted by Gasteiger charge is -2.35. The Morgan fingerprint density at radius 2 is 2.05 bits per heavy atom. The van der Waals surface area contributed by atoms with Gasteiger partial charge in [0, 0.05) is 23.9 Å². The van der Waals surface area contributed by atoms with Gasteiger partial charge in [-0.3, -0.25) is 9.78 Å². The second-order valence-electron chi connectivity index (χ2n) is 5.30. The average Bonchev–Trinajstić information content (AvgIpc) is 2.53. The third-order valence-corrected chi connectivity index (χ3v) is 4.13. The fraction of sp³-hybridized carbons (Fsp3) is 0.294. The van der Waals surface area contributed by atoms with Crippen molar-refractivity contribution in [2.24, 2.45) is 0 Å². The van der Waals surface area contributed by atoms with Gasteiger partial charge in [0.25, 0.3) is 0 Å². The summed E-state index contributed by atoms with van der Waals surface area (Å²) < 4.78 is 5.60. The molecule has 1 aromatic heterocycles. The molecular weight excluding hydrogens is 266 g/mol. The number of para-hydroxylation sites is 1. The average molecular weight is 283 g/mol. The number of carbonyl (C=O) groups is 1. The first-order valence-corrected chi connectivity index (χ1v) is 7.08. The van der Waals surface area contributed by atoms with Crippen LogP contribution in [0.1, 0.15) is 24.1 Å². The Hall–Kier alpha value is -2.36. The van der Waals surface area contributed by atoms with Crippen LogP contribution in [0.5, 0.6) is 5.75 Å². The van der Waals surface area contributed by atoms with Gasteiger partial charge in [-0.05, 0) is 31.0 Å². The molecule has 3 rings (SSSR count). The summed E-state index contributed by atoms with van der Waals surface area (Å²) in [6, 6.07) is 13.2. The highest BCUT2D eigenvalue weighted by molar-refractivity contribution is 5.83. The lowest BCUT2D eigenvalue weighted by Crippen LogP contribution is -2.41. The fourth-order valence-corrected chi connectivity index (χ4v) is 2.93. The first-order chi connectivity index (χ1) is 10.2. The van der Waals surface area contributed by atoms with Crippen molar-refractivity contribution in [2.75, 3.05) is 6.61 Å². The van der Waals surface area contributed by atoms with Crippen molar-refractivity contribution in [1.82, 2.24) is 4.98 Å².